The number of benzene rings is 3. The zero-order valence-corrected chi connectivity index (χ0v) is 35.2. The van der Waals surface area contributed by atoms with Gasteiger partial charge in [-0.1, -0.05) is 36.0 Å². The number of hydrogen-bond donors (Lipinski definition) is 1. The number of aryl methyl sites for hydroxylation is 2. The number of carbonyl (C=O) groups excluding carboxylic acids is 1. The Morgan fingerprint density at radius 3 is 2.33 bits per heavy atom. The molecule has 0 unspecified atom stereocenters. The first kappa shape index (κ1) is 40.6. The number of alkyl halides is 1. The molecule has 0 aliphatic carbocycles. The van der Waals surface area contributed by atoms with Gasteiger partial charge in [-0.2, -0.15) is 0 Å². The van der Waals surface area contributed by atoms with Gasteiger partial charge in [-0.05, 0) is 94.4 Å². The minimum absolute atomic E-state index is 0.00653. The second kappa shape index (κ2) is 18.4. The Morgan fingerprint density at radius 2 is 1.51 bits per heavy atom. The van der Waals surface area contributed by atoms with Crippen LogP contribution in [0.1, 0.15) is 131 Å². The third-order valence-electron chi connectivity index (χ3n) is 12.4. The first-order chi connectivity index (χ1) is 27.9. The van der Waals surface area contributed by atoms with Crippen molar-refractivity contribution in [3.63, 3.8) is 0 Å². The van der Waals surface area contributed by atoms with Gasteiger partial charge in [-0.3, -0.25) is 4.79 Å². The molecule has 3 aromatic rings. The zero-order chi connectivity index (χ0) is 39.5. The van der Waals surface area contributed by atoms with Crippen LogP contribution in [0, 0.1) is 0 Å². The van der Waals surface area contributed by atoms with E-state index in [2.05, 4.69) is 21.6 Å². The number of Topliss-reactive ketones (excluding diaryl/α,β-unsaturated/α-hetero) is 1. The number of anilines is 1. The van der Waals surface area contributed by atoms with Gasteiger partial charge in [-0.25, -0.2) is 9.37 Å². The summed E-state index contributed by atoms with van der Waals surface area (Å²) in [6.45, 7) is 6.11. The van der Waals surface area contributed by atoms with Crippen LogP contribution in [-0.4, -0.2) is 75.3 Å². The van der Waals surface area contributed by atoms with Crippen molar-refractivity contribution in [3.8, 4) is 11.5 Å². The van der Waals surface area contributed by atoms with Crippen molar-refractivity contribution in [2.45, 2.75) is 103 Å². The third-order valence-corrected chi connectivity index (χ3v) is 13.4. The van der Waals surface area contributed by atoms with Gasteiger partial charge in [0.05, 0.1) is 34.4 Å². The van der Waals surface area contributed by atoms with Crippen molar-refractivity contribution in [1.29, 1.82) is 0 Å². The smallest absolute Gasteiger partial charge is 0.337 e. The van der Waals surface area contributed by atoms with Gasteiger partial charge in [0.25, 0.3) is 0 Å². The largest absolute Gasteiger partial charge is 0.478 e. The summed E-state index contributed by atoms with van der Waals surface area (Å²) in [5.74, 6) is 0.894. The molecule has 8 nitrogen and oxygen atoms in total. The number of halogens is 3. The Bertz CT molecular complexity index is 2190. The Hall–Kier alpha value is -3.14. The van der Waals surface area contributed by atoms with Gasteiger partial charge < -0.3 is 24.2 Å². The van der Waals surface area contributed by atoms with Gasteiger partial charge >= 0.3 is 5.97 Å². The number of aromatic carboxylic acids is 1. The lowest BCUT2D eigenvalue weighted by Crippen LogP contribution is -2.41. The number of carboxylic acid groups (broad SMARTS) is 1. The fraction of sp³-hybridized carbons (Fsp3) is 0.543. The molecule has 5 aliphatic rings. The molecule has 0 aromatic heterocycles. The van der Waals surface area contributed by atoms with Crippen molar-refractivity contribution in [2.24, 2.45) is 0 Å². The van der Waals surface area contributed by atoms with Gasteiger partial charge in [0.2, 0.25) is 5.36 Å². The minimum atomic E-state index is -1.19. The number of ether oxygens (including phenoxy) is 3. The van der Waals surface area contributed by atoms with Crippen LogP contribution in [0.25, 0.3) is 5.57 Å². The van der Waals surface area contributed by atoms with Crippen LogP contribution in [0.4, 0.5) is 5.69 Å². The highest BCUT2D eigenvalue weighted by atomic mass is 35.5. The molecule has 1 N–H and O–H groups in total. The highest BCUT2D eigenvalue weighted by Gasteiger charge is 2.37. The van der Waals surface area contributed by atoms with E-state index < -0.39 is 5.97 Å². The molecular weight excluding hydrogens is 783 g/mol. The highest BCUT2D eigenvalue weighted by molar-refractivity contribution is 6.40. The number of carboxylic acids is 1. The molecule has 11 heteroatoms. The van der Waals surface area contributed by atoms with Crippen LogP contribution in [-0.2, 0) is 35.2 Å². The molecule has 57 heavy (non-hydrogen) atoms. The summed E-state index contributed by atoms with van der Waals surface area (Å²) in [7, 11) is 0. The van der Waals surface area contributed by atoms with Gasteiger partial charge in [-0.15, -0.1) is 11.6 Å². The second-order valence-electron chi connectivity index (χ2n) is 16.2. The predicted octanol–water partition coefficient (Wildman–Crippen LogP) is 8.70. The second-order valence-corrected chi connectivity index (χ2v) is 17.3. The molecule has 0 saturated heterocycles. The van der Waals surface area contributed by atoms with Crippen molar-refractivity contribution in [3.05, 3.63) is 83.3 Å². The van der Waals surface area contributed by atoms with E-state index in [4.69, 9.17) is 49.0 Å². The number of ketones is 1. The molecule has 0 atom stereocenters. The van der Waals surface area contributed by atoms with E-state index >= 15 is 0 Å². The third kappa shape index (κ3) is 8.23. The summed E-state index contributed by atoms with van der Waals surface area (Å²) < 4.78 is 21.3. The van der Waals surface area contributed by atoms with E-state index in [1.54, 1.807) is 0 Å². The standard InChI is InChI=1S/C46H53Cl3N2O6/c47-17-5-1-2-8-22-55-24-25-56-23-11-16-37(52)33-28-36(48)39(46(53)54)40(41(33)49)38-34-26-29-12-9-20-50-18-6-3-14-31(42(29)50)44(34)57-45-32-15-4-7-19-51-21-10-13-30(43(32)51)27-35(38)45/h26-28H,1-25H2/p+1. The average molecular weight is 837 g/mol. The number of nitrogens with zero attached hydrogens (tertiary/aromatic N) is 2. The predicted molar refractivity (Wildman–Crippen MR) is 227 cm³/mol. The van der Waals surface area contributed by atoms with Crippen LogP contribution in [0.3, 0.4) is 0 Å². The zero-order valence-electron chi connectivity index (χ0n) is 32.9. The van der Waals surface area contributed by atoms with E-state index in [1.165, 1.54) is 39.4 Å². The molecule has 5 heterocycles. The first-order valence-electron chi connectivity index (χ1n) is 21.3. The maximum Gasteiger partial charge on any atom is 0.337 e. The lowest BCUT2D eigenvalue weighted by atomic mass is 9.82. The van der Waals surface area contributed by atoms with Crippen LogP contribution >= 0.6 is 34.8 Å². The average Bonchev–Trinajstić information content (AvgIpc) is 3.57. The van der Waals surface area contributed by atoms with Crippen molar-refractivity contribution in [2.75, 3.05) is 63.4 Å². The van der Waals surface area contributed by atoms with Gasteiger partial charge in [0.15, 0.2) is 5.78 Å². The lowest BCUT2D eigenvalue weighted by Gasteiger charge is -2.35. The first-order valence-corrected chi connectivity index (χ1v) is 22.6. The topological polar surface area (TPSA) is 88.3 Å². The number of hydrogen-bond acceptors (Lipinski definition) is 6. The van der Waals surface area contributed by atoms with Gasteiger partial charge in [0, 0.05) is 95.7 Å². The Balaban J connectivity index is 1.20. The number of rotatable bonds is 16. The van der Waals surface area contributed by atoms with E-state index in [9.17, 15) is 14.7 Å². The molecule has 0 saturated carbocycles. The Kier molecular flexibility index (Phi) is 13.1. The van der Waals surface area contributed by atoms with Crippen LogP contribution in [0.15, 0.2) is 18.2 Å². The number of carbonyl (C=O) groups is 2. The molecule has 0 spiro atoms. The number of fused-ring (bicyclic) bond motifs is 4. The van der Waals surface area contributed by atoms with E-state index in [-0.39, 0.29) is 33.4 Å². The van der Waals surface area contributed by atoms with Crippen LogP contribution in [0.2, 0.25) is 10.0 Å². The summed E-state index contributed by atoms with van der Waals surface area (Å²) in [6.07, 6.45) is 14.9. The van der Waals surface area contributed by atoms with E-state index in [0.717, 1.165) is 138 Å². The van der Waals surface area contributed by atoms with E-state index in [0.29, 0.717) is 49.9 Å². The summed E-state index contributed by atoms with van der Waals surface area (Å²) >= 11 is 20.1. The van der Waals surface area contributed by atoms with E-state index in [1.807, 2.05) is 0 Å². The maximum atomic E-state index is 14.0. The Morgan fingerprint density at radius 1 is 0.772 bits per heavy atom. The summed E-state index contributed by atoms with van der Waals surface area (Å²) in [6, 6.07) is 5.89. The van der Waals surface area contributed by atoms with Crippen molar-refractivity contribution >= 4 is 57.8 Å². The van der Waals surface area contributed by atoms with Crippen LogP contribution < -0.4 is 24.8 Å². The highest BCUT2D eigenvalue weighted by Crippen LogP contribution is 2.50. The fourth-order valence-electron chi connectivity index (χ4n) is 9.81. The lowest BCUT2D eigenvalue weighted by molar-refractivity contribution is 0.0447. The Labute approximate surface area is 350 Å². The fourth-order valence-corrected chi connectivity index (χ4v) is 10.6. The van der Waals surface area contributed by atoms with Crippen LogP contribution in [0.5, 0.6) is 11.5 Å². The molecule has 0 amide bonds. The molecule has 3 aromatic carbocycles. The van der Waals surface area contributed by atoms with Crippen molar-refractivity contribution in [1.82, 2.24) is 4.58 Å². The normalized spacial score (nSPS) is 16.9. The SMILES string of the molecule is O=C(CCCOCCOCCCCCCCl)c1cc(Cl)c(C(=O)O)c(C2=c3cc4c5c(c3Oc3c2cc2c6c3CCCCN6CCC2)CCCC[N+]=5CCC4)c1Cl. The number of unbranched alkanes of at least 4 members (excludes halogenated alkanes) is 3. The monoisotopic (exact) mass is 835 g/mol. The summed E-state index contributed by atoms with van der Waals surface area (Å²) in [5.41, 5.74) is 8.14. The molecule has 5 aliphatic heterocycles. The summed E-state index contributed by atoms with van der Waals surface area (Å²) in [5, 5.41) is 13.1. The molecule has 8 rings (SSSR count). The maximum absolute atomic E-state index is 14.0. The van der Waals surface area contributed by atoms with Gasteiger partial charge in [0.1, 0.15) is 24.6 Å². The minimum Gasteiger partial charge on any atom is -0.478 e. The molecule has 0 radical (unpaired) electrons. The molecule has 304 valence electrons. The van der Waals surface area contributed by atoms with Crippen molar-refractivity contribution < 1.29 is 28.9 Å². The quantitative estimate of drug-likeness (QED) is 0.0523. The molecular formula is C46H54Cl3N2O6+. The molecule has 0 bridgehead atoms. The molecule has 0 fully saturated rings. The summed E-state index contributed by atoms with van der Waals surface area (Å²) in [4.78, 5) is 29.9.